The Hall–Kier alpha value is -1.36. The molecule has 0 unspecified atom stereocenters. The minimum absolute atomic E-state index is 0.153. The lowest BCUT2D eigenvalue weighted by molar-refractivity contribution is 0.588. The van der Waals surface area contributed by atoms with Crippen molar-refractivity contribution in [3.05, 3.63) is 18.2 Å². The summed E-state index contributed by atoms with van der Waals surface area (Å²) in [5, 5.41) is 3.14. The van der Waals surface area contributed by atoms with E-state index < -0.39 is 10.0 Å². The molecule has 5 nitrogen and oxygen atoms in total. The lowest BCUT2D eigenvalue weighted by Gasteiger charge is -2.10. The van der Waals surface area contributed by atoms with E-state index in [0.29, 0.717) is 18.0 Å². The van der Waals surface area contributed by atoms with Gasteiger partial charge in [-0.25, -0.2) is 13.1 Å². The standard InChI is InChI=1S/C12H17N3O2S2/c1-3-7-18-8-6-15-12-5-4-10(9-11(12)13)19(16,17)14-2/h1,4-5,9,14-15H,6-8,13H2,2H3. The zero-order valence-corrected chi connectivity index (χ0v) is 12.3. The monoisotopic (exact) mass is 299 g/mol. The maximum atomic E-state index is 11.6. The summed E-state index contributed by atoms with van der Waals surface area (Å²) in [5.74, 6) is 4.08. The first kappa shape index (κ1) is 15.7. The average Bonchev–Trinajstić information content (AvgIpc) is 2.40. The third-order valence-electron chi connectivity index (χ3n) is 2.35. The second-order valence-corrected chi connectivity index (χ2v) is 6.63. The van der Waals surface area contributed by atoms with E-state index in [-0.39, 0.29) is 4.90 Å². The van der Waals surface area contributed by atoms with Gasteiger partial charge in [-0.15, -0.1) is 18.2 Å². The number of nitrogen functional groups attached to an aromatic ring is 1. The van der Waals surface area contributed by atoms with Crippen LogP contribution in [0.1, 0.15) is 0 Å². The molecule has 0 fully saturated rings. The first-order valence-corrected chi connectivity index (χ1v) is 8.23. The summed E-state index contributed by atoms with van der Waals surface area (Å²) in [6, 6.07) is 4.60. The number of thioether (sulfide) groups is 1. The van der Waals surface area contributed by atoms with E-state index in [2.05, 4.69) is 16.0 Å². The van der Waals surface area contributed by atoms with E-state index in [0.717, 1.165) is 11.4 Å². The maximum Gasteiger partial charge on any atom is 0.240 e. The Kier molecular flexibility index (Phi) is 6.02. The van der Waals surface area contributed by atoms with Crippen LogP contribution in [0.5, 0.6) is 0 Å². The third-order valence-corrected chi connectivity index (χ3v) is 4.62. The zero-order chi connectivity index (χ0) is 14.3. The minimum Gasteiger partial charge on any atom is -0.397 e. The van der Waals surface area contributed by atoms with E-state index in [1.807, 2.05) is 0 Å². The molecule has 19 heavy (non-hydrogen) atoms. The van der Waals surface area contributed by atoms with E-state index in [1.54, 1.807) is 17.8 Å². The summed E-state index contributed by atoms with van der Waals surface area (Å²) in [6.07, 6.45) is 5.14. The number of terminal acetylenes is 1. The second kappa shape index (κ2) is 7.28. The van der Waals surface area contributed by atoms with Crippen molar-refractivity contribution in [3.63, 3.8) is 0 Å². The smallest absolute Gasteiger partial charge is 0.240 e. The van der Waals surface area contributed by atoms with Crippen LogP contribution in [0.25, 0.3) is 0 Å². The van der Waals surface area contributed by atoms with E-state index in [4.69, 9.17) is 12.2 Å². The van der Waals surface area contributed by atoms with Crippen LogP contribution in [0.2, 0.25) is 0 Å². The number of anilines is 2. The highest BCUT2D eigenvalue weighted by Crippen LogP contribution is 2.22. The predicted molar refractivity (Wildman–Crippen MR) is 81.7 cm³/mol. The first-order valence-electron chi connectivity index (χ1n) is 5.59. The summed E-state index contributed by atoms with van der Waals surface area (Å²) in [6.45, 7) is 0.717. The highest BCUT2D eigenvalue weighted by atomic mass is 32.2. The van der Waals surface area contributed by atoms with Gasteiger partial charge in [0, 0.05) is 12.3 Å². The van der Waals surface area contributed by atoms with E-state index >= 15 is 0 Å². The van der Waals surface area contributed by atoms with Crippen molar-refractivity contribution in [2.45, 2.75) is 4.90 Å². The Bertz CT molecular complexity index is 565. The van der Waals surface area contributed by atoms with Crippen molar-refractivity contribution in [1.82, 2.24) is 4.72 Å². The molecular formula is C12H17N3O2S2. The lowest BCUT2D eigenvalue weighted by atomic mass is 10.2. The van der Waals surface area contributed by atoms with Crippen molar-refractivity contribution >= 4 is 33.2 Å². The van der Waals surface area contributed by atoms with Crippen LogP contribution in [-0.2, 0) is 10.0 Å². The molecule has 1 aromatic carbocycles. The molecule has 0 radical (unpaired) electrons. The van der Waals surface area contributed by atoms with Crippen LogP contribution >= 0.6 is 11.8 Å². The first-order chi connectivity index (χ1) is 9.01. The SMILES string of the molecule is C#CCSCCNc1ccc(S(=O)(=O)NC)cc1N. The molecule has 104 valence electrons. The molecule has 1 aromatic rings. The Labute approximate surface area is 118 Å². The third kappa shape index (κ3) is 4.67. The lowest BCUT2D eigenvalue weighted by Crippen LogP contribution is -2.19. The Morgan fingerprint density at radius 2 is 2.21 bits per heavy atom. The molecule has 0 saturated heterocycles. The van der Waals surface area contributed by atoms with Crippen molar-refractivity contribution in [3.8, 4) is 12.3 Å². The summed E-state index contributed by atoms with van der Waals surface area (Å²) < 4.78 is 25.4. The molecule has 0 saturated carbocycles. The molecule has 0 aliphatic rings. The summed E-state index contributed by atoms with van der Waals surface area (Å²) in [7, 11) is -2.09. The molecule has 0 aromatic heterocycles. The molecule has 0 amide bonds. The van der Waals surface area contributed by atoms with Crippen molar-refractivity contribution in [2.24, 2.45) is 0 Å². The summed E-state index contributed by atoms with van der Waals surface area (Å²) in [5.41, 5.74) is 6.94. The average molecular weight is 299 g/mol. The van der Waals surface area contributed by atoms with Gasteiger partial charge in [0.25, 0.3) is 0 Å². The normalized spacial score (nSPS) is 10.9. The van der Waals surface area contributed by atoms with Gasteiger partial charge in [0.2, 0.25) is 10.0 Å². The number of hydrogen-bond donors (Lipinski definition) is 3. The highest BCUT2D eigenvalue weighted by molar-refractivity contribution is 7.99. The molecule has 0 bridgehead atoms. The summed E-state index contributed by atoms with van der Waals surface area (Å²) >= 11 is 1.64. The second-order valence-electron chi connectivity index (χ2n) is 3.64. The van der Waals surface area contributed by atoms with Gasteiger partial charge in [-0.3, -0.25) is 0 Å². The van der Waals surface area contributed by atoms with Crippen molar-refractivity contribution in [2.75, 3.05) is 36.1 Å². The van der Waals surface area contributed by atoms with Gasteiger partial charge in [-0.1, -0.05) is 5.92 Å². The van der Waals surface area contributed by atoms with Gasteiger partial charge < -0.3 is 11.1 Å². The number of nitrogens with two attached hydrogens (primary N) is 1. The zero-order valence-electron chi connectivity index (χ0n) is 10.6. The van der Waals surface area contributed by atoms with Gasteiger partial charge in [0.1, 0.15) is 0 Å². The number of sulfonamides is 1. The van der Waals surface area contributed by atoms with Gasteiger partial charge in [-0.2, -0.15) is 0 Å². The van der Waals surface area contributed by atoms with Crippen molar-refractivity contribution in [1.29, 1.82) is 0 Å². The van der Waals surface area contributed by atoms with Gasteiger partial charge in [-0.05, 0) is 25.2 Å². The molecular weight excluding hydrogens is 282 g/mol. The molecule has 7 heteroatoms. The molecule has 0 spiro atoms. The predicted octanol–water partition coefficient (Wildman–Crippen LogP) is 0.955. The van der Waals surface area contributed by atoms with Gasteiger partial charge in [0.15, 0.2) is 0 Å². The van der Waals surface area contributed by atoms with Crippen LogP contribution in [0.15, 0.2) is 23.1 Å². The Morgan fingerprint density at radius 3 is 2.79 bits per heavy atom. The van der Waals surface area contributed by atoms with Gasteiger partial charge >= 0.3 is 0 Å². The topological polar surface area (TPSA) is 84.2 Å². The van der Waals surface area contributed by atoms with Crippen LogP contribution in [0.3, 0.4) is 0 Å². The van der Waals surface area contributed by atoms with Crippen LogP contribution in [0, 0.1) is 12.3 Å². The van der Waals surface area contributed by atoms with Crippen LogP contribution in [0.4, 0.5) is 11.4 Å². The van der Waals surface area contributed by atoms with Crippen LogP contribution < -0.4 is 15.8 Å². The highest BCUT2D eigenvalue weighted by Gasteiger charge is 2.12. The molecule has 4 N–H and O–H groups in total. The number of rotatable bonds is 7. The fourth-order valence-corrected chi connectivity index (χ4v) is 2.65. The number of hydrogen-bond acceptors (Lipinski definition) is 5. The van der Waals surface area contributed by atoms with E-state index in [9.17, 15) is 8.42 Å². The maximum absolute atomic E-state index is 11.6. The number of nitrogens with one attached hydrogen (secondary N) is 2. The van der Waals surface area contributed by atoms with Crippen molar-refractivity contribution < 1.29 is 8.42 Å². The van der Waals surface area contributed by atoms with Crippen LogP contribution in [-0.4, -0.2) is 33.5 Å². The molecule has 0 atom stereocenters. The molecule has 1 rings (SSSR count). The quantitative estimate of drug-likeness (QED) is 0.397. The Balaban J connectivity index is 2.66. The van der Waals surface area contributed by atoms with Gasteiger partial charge in [0.05, 0.1) is 22.0 Å². The molecule has 0 aliphatic heterocycles. The number of benzene rings is 1. The minimum atomic E-state index is -3.45. The van der Waals surface area contributed by atoms with E-state index in [1.165, 1.54) is 19.2 Å². The summed E-state index contributed by atoms with van der Waals surface area (Å²) in [4.78, 5) is 0.153. The fourth-order valence-electron chi connectivity index (χ4n) is 1.38. The molecule has 0 heterocycles. The fraction of sp³-hybridized carbons (Fsp3) is 0.333. The largest absolute Gasteiger partial charge is 0.397 e. The molecule has 0 aliphatic carbocycles. The Morgan fingerprint density at radius 1 is 1.47 bits per heavy atom.